The Morgan fingerprint density at radius 1 is 0.893 bits per heavy atom. The lowest BCUT2D eigenvalue weighted by Crippen LogP contribution is -2.49. The molecule has 0 N–H and O–H groups in total. The number of amides is 1. The maximum absolute atomic E-state index is 13.2. The number of pyridine rings is 1. The zero-order chi connectivity index (χ0) is 18.9. The lowest BCUT2D eigenvalue weighted by Gasteiger charge is -2.36. The van der Waals surface area contributed by atoms with E-state index in [1.54, 1.807) is 6.20 Å². The number of carbonyl (C=O) groups is 1. The molecule has 0 radical (unpaired) electrons. The summed E-state index contributed by atoms with van der Waals surface area (Å²) in [5.41, 5.74) is 1.67. The van der Waals surface area contributed by atoms with E-state index in [0.29, 0.717) is 37.7 Å². The molecule has 6 heteroatoms. The summed E-state index contributed by atoms with van der Waals surface area (Å²) in [4.78, 5) is 21.8. The van der Waals surface area contributed by atoms with E-state index in [0.717, 1.165) is 29.6 Å². The van der Waals surface area contributed by atoms with Gasteiger partial charge < -0.3 is 19.3 Å². The highest BCUT2D eigenvalue weighted by molar-refractivity contribution is 6.06. The summed E-state index contributed by atoms with van der Waals surface area (Å²) in [7, 11) is 0. The molecule has 2 aromatic carbocycles. The first-order valence-corrected chi connectivity index (χ1v) is 9.57. The molecule has 6 nitrogen and oxygen atoms in total. The predicted octanol–water partition coefficient (Wildman–Crippen LogP) is 2.97. The smallest absolute Gasteiger partial charge is 0.273 e. The number of benzene rings is 2. The molecule has 28 heavy (non-hydrogen) atoms. The Hall–Kier alpha value is -3.28. The number of hydrogen-bond donors (Lipinski definition) is 0. The van der Waals surface area contributed by atoms with Gasteiger partial charge in [-0.25, -0.2) is 0 Å². The van der Waals surface area contributed by atoms with E-state index in [1.807, 2.05) is 41.3 Å². The van der Waals surface area contributed by atoms with Crippen LogP contribution in [0.5, 0.6) is 11.5 Å². The maximum atomic E-state index is 13.2. The molecule has 3 aromatic rings. The molecule has 0 atom stereocenters. The summed E-state index contributed by atoms with van der Waals surface area (Å²) in [5.74, 6) is 1.37. The molecule has 5 rings (SSSR count). The molecule has 0 unspecified atom stereocenters. The van der Waals surface area contributed by atoms with Gasteiger partial charge >= 0.3 is 0 Å². The molecule has 142 valence electrons. The lowest BCUT2D eigenvalue weighted by molar-refractivity contribution is 0.0743. The van der Waals surface area contributed by atoms with Gasteiger partial charge in [0.15, 0.2) is 11.5 Å². The molecule has 0 saturated carbocycles. The van der Waals surface area contributed by atoms with Crippen LogP contribution < -0.4 is 14.4 Å². The number of aromatic nitrogens is 1. The van der Waals surface area contributed by atoms with Crippen molar-refractivity contribution in [3.05, 3.63) is 60.4 Å². The minimum absolute atomic E-state index is 0.0324. The number of hydrogen-bond acceptors (Lipinski definition) is 5. The van der Waals surface area contributed by atoms with Crippen molar-refractivity contribution in [1.29, 1.82) is 0 Å². The van der Waals surface area contributed by atoms with Gasteiger partial charge in [-0.05, 0) is 35.7 Å². The lowest BCUT2D eigenvalue weighted by atomic mass is 10.1. The van der Waals surface area contributed by atoms with Gasteiger partial charge in [0, 0.05) is 43.4 Å². The van der Waals surface area contributed by atoms with E-state index < -0.39 is 0 Å². The summed E-state index contributed by atoms with van der Waals surface area (Å²) in [5, 5.41) is 1.74. The van der Waals surface area contributed by atoms with Crippen molar-refractivity contribution in [3.63, 3.8) is 0 Å². The average molecular weight is 375 g/mol. The van der Waals surface area contributed by atoms with Crippen LogP contribution in [0.15, 0.2) is 54.7 Å². The molecule has 1 fully saturated rings. The first kappa shape index (κ1) is 16.9. The molecule has 3 heterocycles. The summed E-state index contributed by atoms with van der Waals surface area (Å²) in [6.45, 7) is 4.04. The second-order valence-electron chi connectivity index (χ2n) is 6.99. The third kappa shape index (κ3) is 3.01. The number of nitrogens with zero attached hydrogens (tertiary/aromatic N) is 3. The third-order valence-corrected chi connectivity index (χ3v) is 5.32. The monoisotopic (exact) mass is 375 g/mol. The minimum Gasteiger partial charge on any atom is -0.486 e. The van der Waals surface area contributed by atoms with E-state index in [-0.39, 0.29) is 5.91 Å². The highest BCUT2D eigenvalue weighted by atomic mass is 16.6. The molecule has 0 bridgehead atoms. The van der Waals surface area contributed by atoms with Crippen molar-refractivity contribution < 1.29 is 14.3 Å². The van der Waals surface area contributed by atoms with Gasteiger partial charge in [0.1, 0.15) is 18.9 Å². The normalized spacial score (nSPS) is 16.3. The Morgan fingerprint density at radius 3 is 2.36 bits per heavy atom. The Bertz CT molecular complexity index is 1010. The van der Waals surface area contributed by atoms with Crippen LogP contribution in [0.4, 0.5) is 5.69 Å². The number of carbonyl (C=O) groups excluding carboxylic acids is 1. The molecule has 1 saturated heterocycles. The van der Waals surface area contributed by atoms with Gasteiger partial charge in [0.2, 0.25) is 0 Å². The van der Waals surface area contributed by atoms with Crippen LogP contribution in [0.25, 0.3) is 10.8 Å². The SMILES string of the molecule is O=C(c1nccc2cc3c(cc12)OCCO3)N1CCN(c2ccccc2)CC1. The maximum Gasteiger partial charge on any atom is 0.273 e. The van der Waals surface area contributed by atoms with Gasteiger partial charge in [-0.15, -0.1) is 0 Å². The number of piperazine rings is 1. The first-order chi connectivity index (χ1) is 13.8. The molecule has 1 aromatic heterocycles. The largest absolute Gasteiger partial charge is 0.486 e. The number of para-hydroxylation sites is 1. The van der Waals surface area contributed by atoms with Crippen LogP contribution >= 0.6 is 0 Å². The van der Waals surface area contributed by atoms with Crippen LogP contribution in [-0.2, 0) is 0 Å². The molecule has 1 amide bonds. The van der Waals surface area contributed by atoms with Crippen LogP contribution in [0, 0.1) is 0 Å². The van der Waals surface area contributed by atoms with E-state index >= 15 is 0 Å². The van der Waals surface area contributed by atoms with Crippen molar-refractivity contribution in [2.45, 2.75) is 0 Å². The van der Waals surface area contributed by atoms with Crippen LogP contribution in [0.1, 0.15) is 10.5 Å². The fraction of sp³-hybridized carbons (Fsp3) is 0.273. The summed E-state index contributed by atoms with van der Waals surface area (Å²) in [6, 6.07) is 16.0. The van der Waals surface area contributed by atoms with Gasteiger partial charge in [0.05, 0.1) is 0 Å². The van der Waals surface area contributed by atoms with Crippen LogP contribution in [0.3, 0.4) is 0 Å². The summed E-state index contributed by atoms with van der Waals surface area (Å²) in [6.07, 6.45) is 1.69. The third-order valence-electron chi connectivity index (χ3n) is 5.32. The fourth-order valence-electron chi connectivity index (χ4n) is 3.84. The fourth-order valence-corrected chi connectivity index (χ4v) is 3.84. The van der Waals surface area contributed by atoms with E-state index in [2.05, 4.69) is 22.0 Å². The second kappa shape index (κ2) is 7.03. The van der Waals surface area contributed by atoms with E-state index in [9.17, 15) is 4.79 Å². The topological polar surface area (TPSA) is 54.9 Å². The average Bonchev–Trinajstić information content (AvgIpc) is 2.77. The Kier molecular flexibility index (Phi) is 4.24. The van der Waals surface area contributed by atoms with Crippen LogP contribution in [-0.4, -0.2) is 55.2 Å². The molecular formula is C22H21N3O3. The quantitative estimate of drug-likeness (QED) is 0.689. The first-order valence-electron chi connectivity index (χ1n) is 9.57. The van der Waals surface area contributed by atoms with Crippen molar-refractivity contribution in [2.24, 2.45) is 0 Å². The zero-order valence-electron chi connectivity index (χ0n) is 15.5. The van der Waals surface area contributed by atoms with Crippen molar-refractivity contribution in [2.75, 3.05) is 44.3 Å². The van der Waals surface area contributed by atoms with Gasteiger partial charge in [-0.2, -0.15) is 0 Å². The highest BCUT2D eigenvalue weighted by Crippen LogP contribution is 2.35. The van der Waals surface area contributed by atoms with Crippen LogP contribution in [0.2, 0.25) is 0 Å². The standard InChI is InChI=1S/C22H21N3O3/c26-22(25-10-8-24(9-11-25)17-4-2-1-3-5-17)21-18-15-20-19(27-12-13-28-20)14-16(18)6-7-23-21/h1-7,14-15H,8-13H2. The highest BCUT2D eigenvalue weighted by Gasteiger charge is 2.25. The number of rotatable bonds is 2. The van der Waals surface area contributed by atoms with Crippen molar-refractivity contribution in [1.82, 2.24) is 9.88 Å². The minimum atomic E-state index is -0.0324. The van der Waals surface area contributed by atoms with Crippen molar-refractivity contribution in [3.8, 4) is 11.5 Å². The summed E-state index contributed by atoms with van der Waals surface area (Å²) < 4.78 is 11.3. The zero-order valence-corrected chi connectivity index (χ0v) is 15.5. The Balaban J connectivity index is 1.39. The predicted molar refractivity (Wildman–Crippen MR) is 107 cm³/mol. The van der Waals surface area contributed by atoms with Gasteiger partial charge in [0.25, 0.3) is 5.91 Å². The number of anilines is 1. The van der Waals surface area contributed by atoms with Gasteiger partial charge in [-0.3, -0.25) is 9.78 Å². The molecule has 2 aliphatic heterocycles. The molecule has 0 aliphatic carbocycles. The molecule has 0 spiro atoms. The number of ether oxygens (including phenoxy) is 2. The van der Waals surface area contributed by atoms with Crippen molar-refractivity contribution >= 4 is 22.4 Å². The molecule has 2 aliphatic rings. The second-order valence-corrected chi connectivity index (χ2v) is 6.99. The van der Waals surface area contributed by atoms with E-state index in [1.165, 1.54) is 5.69 Å². The van der Waals surface area contributed by atoms with E-state index in [4.69, 9.17) is 9.47 Å². The molecular weight excluding hydrogens is 354 g/mol. The summed E-state index contributed by atoms with van der Waals surface area (Å²) >= 11 is 0. The van der Waals surface area contributed by atoms with Gasteiger partial charge in [-0.1, -0.05) is 18.2 Å². The Labute approximate surface area is 163 Å². The Morgan fingerprint density at radius 2 is 1.61 bits per heavy atom. The number of fused-ring (bicyclic) bond motifs is 2.